The highest BCUT2D eigenvalue weighted by Gasteiger charge is 2.21. The summed E-state index contributed by atoms with van der Waals surface area (Å²) >= 11 is 0. The van der Waals surface area contributed by atoms with E-state index in [2.05, 4.69) is 17.2 Å². The Morgan fingerprint density at radius 1 is 1.04 bits per heavy atom. The summed E-state index contributed by atoms with van der Waals surface area (Å²) in [6, 6.07) is 17.2. The van der Waals surface area contributed by atoms with Crippen molar-refractivity contribution in [3.05, 3.63) is 76.2 Å². The smallest absolute Gasteiger partial charge is 0.274 e. The number of carbonyl (C=O) groups excluding carboxylic acids is 1. The molecule has 0 fully saturated rings. The molecule has 0 aliphatic carbocycles. The third kappa shape index (κ3) is 3.92. The Morgan fingerprint density at radius 3 is 2.30 bits per heavy atom. The molecule has 1 aromatic heterocycles. The van der Waals surface area contributed by atoms with E-state index >= 15 is 0 Å². The lowest BCUT2D eigenvalue weighted by atomic mass is 10.1. The van der Waals surface area contributed by atoms with Crippen LogP contribution in [0.5, 0.6) is 0 Å². The van der Waals surface area contributed by atoms with E-state index in [9.17, 15) is 9.59 Å². The second-order valence-electron chi connectivity index (χ2n) is 6.86. The SMILES string of the molecule is CCN(CCc1ccccc1)C(=O)c1nn(C(C)C)c(=O)c2ccccc12. The summed E-state index contributed by atoms with van der Waals surface area (Å²) in [5, 5.41) is 5.58. The summed E-state index contributed by atoms with van der Waals surface area (Å²) in [7, 11) is 0. The lowest BCUT2D eigenvalue weighted by molar-refractivity contribution is 0.0759. The van der Waals surface area contributed by atoms with E-state index in [-0.39, 0.29) is 17.5 Å². The van der Waals surface area contributed by atoms with Gasteiger partial charge >= 0.3 is 0 Å². The fraction of sp³-hybridized carbons (Fsp3) is 0.318. The van der Waals surface area contributed by atoms with Gasteiger partial charge in [-0.15, -0.1) is 0 Å². The fourth-order valence-corrected chi connectivity index (χ4v) is 3.18. The van der Waals surface area contributed by atoms with Crippen LogP contribution in [-0.4, -0.2) is 33.7 Å². The number of rotatable bonds is 6. The van der Waals surface area contributed by atoms with Crippen molar-refractivity contribution >= 4 is 16.7 Å². The second kappa shape index (κ2) is 8.16. The van der Waals surface area contributed by atoms with Gasteiger partial charge in [0, 0.05) is 18.5 Å². The van der Waals surface area contributed by atoms with Gasteiger partial charge in [0.25, 0.3) is 11.5 Å². The quantitative estimate of drug-likeness (QED) is 0.671. The predicted octanol–water partition coefficient (Wildman–Crippen LogP) is 3.68. The largest absolute Gasteiger partial charge is 0.337 e. The lowest BCUT2D eigenvalue weighted by Gasteiger charge is -2.22. The molecule has 1 amide bonds. The summed E-state index contributed by atoms with van der Waals surface area (Å²) in [6.07, 6.45) is 0.780. The predicted molar refractivity (Wildman–Crippen MR) is 108 cm³/mol. The number of aromatic nitrogens is 2. The molecule has 3 aromatic rings. The molecular formula is C22H25N3O2. The Labute approximate surface area is 159 Å². The van der Waals surface area contributed by atoms with Crippen molar-refractivity contribution in [3.8, 4) is 0 Å². The van der Waals surface area contributed by atoms with Crippen LogP contribution in [0.2, 0.25) is 0 Å². The van der Waals surface area contributed by atoms with Crippen LogP contribution in [0.4, 0.5) is 0 Å². The van der Waals surface area contributed by atoms with Gasteiger partial charge in [0.2, 0.25) is 0 Å². The van der Waals surface area contributed by atoms with Crippen molar-refractivity contribution in [1.29, 1.82) is 0 Å². The maximum atomic E-state index is 13.2. The average molecular weight is 363 g/mol. The van der Waals surface area contributed by atoms with Crippen LogP contribution in [0.15, 0.2) is 59.4 Å². The lowest BCUT2D eigenvalue weighted by Crippen LogP contribution is -2.36. The Morgan fingerprint density at radius 2 is 1.67 bits per heavy atom. The molecule has 5 heteroatoms. The van der Waals surface area contributed by atoms with Crippen molar-refractivity contribution in [2.75, 3.05) is 13.1 Å². The van der Waals surface area contributed by atoms with E-state index in [4.69, 9.17) is 0 Å². The normalized spacial score (nSPS) is 11.1. The molecule has 0 radical (unpaired) electrons. The molecule has 2 aromatic carbocycles. The first-order chi connectivity index (χ1) is 13.0. The number of nitrogens with zero attached hydrogens (tertiary/aromatic N) is 3. The van der Waals surface area contributed by atoms with Crippen molar-refractivity contribution in [3.63, 3.8) is 0 Å². The number of fused-ring (bicyclic) bond motifs is 1. The number of likely N-dealkylation sites (N-methyl/N-ethyl adjacent to an activating group) is 1. The minimum Gasteiger partial charge on any atom is -0.337 e. The number of hydrogen-bond acceptors (Lipinski definition) is 3. The molecule has 0 bridgehead atoms. The highest BCUT2D eigenvalue weighted by Crippen LogP contribution is 2.17. The van der Waals surface area contributed by atoms with E-state index in [0.717, 1.165) is 6.42 Å². The molecule has 3 rings (SSSR count). The molecule has 0 aliphatic rings. The Balaban J connectivity index is 1.98. The molecule has 0 N–H and O–H groups in total. The third-order valence-electron chi connectivity index (χ3n) is 4.70. The maximum absolute atomic E-state index is 13.2. The first-order valence-electron chi connectivity index (χ1n) is 9.37. The molecule has 5 nitrogen and oxygen atoms in total. The summed E-state index contributed by atoms with van der Waals surface area (Å²) in [5.41, 5.74) is 1.37. The topological polar surface area (TPSA) is 55.2 Å². The Hall–Kier alpha value is -2.95. The van der Waals surface area contributed by atoms with Crippen molar-refractivity contribution in [2.45, 2.75) is 33.2 Å². The summed E-state index contributed by atoms with van der Waals surface area (Å²) in [4.78, 5) is 27.7. The minimum absolute atomic E-state index is 0.118. The Bertz CT molecular complexity index is 993. The van der Waals surface area contributed by atoms with Gasteiger partial charge in [0.05, 0.1) is 11.4 Å². The molecule has 0 saturated heterocycles. The van der Waals surface area contributed by atoms with Crippen LogP contribution in [0.25, 0.3) is 10.8 Å². The highest BCUT2D eigenvalue weighted by molar-refractivity contribution is 6.04. The molecule has 27 heavy (non-hydrogen) atoms. The zero-order valence-electron chi connectivity index (χ0n) is 16.1. The molecule has 140 valence electrons. The molecule has 1 heterocycles. The molecule has 0 spiro atoms. The molecule has 0 atom stereocenters. The van der Waals surface area contributed by atoms with Crippen LogP contribution in [-0.2, 0) is 6.42 Å². The Kier molecular flexibility index (Phi) is 5.69. The molecule has 0 unspecified atom stereocenters. The van der Waals surface area contributed by atoms with Crippen molar-refractivity contribution < 1.29 is 4.79 Å². The number of amides is 1. The van der Waals surface area contributed by atoms with Crippen molar-refractivity contribution in [1.82, 2.24) is 14.7 Å². The van der Waals surface area contributed by atoms with Gasteiger partial charge in [-0.3, -0.25) is 9.59 Å². The van der Waals surface area contributed by atoms with E-state index in [1.165, 1.54) is 10.2 Å². The number of benzene rings is 2. The van der Waals surface area contributed by atoms with Crippen LogP contribution in [0, 0.1) is 0 Å². The molecule has 0 aliphatic heterocycles. The molecule has 0 saturated carbocycles. The van der Waals surface area contributed by atoms with E-state index in [1.807, 2.05) is 51.1 Å². The van der Waals surface area contributed by atoms with Crippen LogP contribution >= 0.6 is 0 Å². The minimum atomic E-state index is -0.163. The zero-order valence-corrected chi connectivity index (χ0v) is 16.1. The summed E-state index contributed by atoms with van der Waals surface area (Å²) < 4.78 is 1.40. The van der Waals surface area contributed by atoms with Gasteiger partial charge in [0.15, 0.2) is 5.69 Å². The fourth-order valence-electron chi connectivity index (χ4n) is 3.18. The standard InChI is InChI=1S/C22H25N3O2/c1-4-24(15-14-17-10-6-5-7-11-17)22(27)20-18-12-8-9-13-19(18)21(26)25(23-20)16(2)3/h5-13,16H,4,14-15H2,1-3H3. The van der Waals surface area contributed by atoms with Gasteiger partial charge in [-0.1, -0.05) is 48.5 Å². The molecular weight excluding hydrogens is 338 g/mol. The third-order valence-corrected chi connectivity index (χ3v) is 4.70. The van der Waals surface area contributed by atoms with Gasteiger partial charge in [-0.25, -0.2) is 4.68 Å². The van der Waals surface area contributed by atoms with E-state index in [1.54, 1.807) is 17.0 Å². The van der Waals surface area contributed by atoms with Crippen LogP contribution < -0.4 is 5.56 Å². The van der Waals surface area contributed by atoms with Crippen LogP contribution in [0.1, 0.15) is 42.9 Å². The van der Waals surface area contributed by atoms with Gasteiger partial charge in [-0.05, 0) is 38.8 Å². The monoisotopic (exact) mass is 363 g/mol. The highest BCUT2D eigenvalue weighted by atomic mass is 16.2. The van der Waals surface area contributed by atoms with Crippen molar-refractivity contribution in [2.24, 2.45) is 0 Å². The van der Waals surface area contributed by atoms with Crippen LogP contribution in [0.3, 0.4) is 0 Å². The van der Waals surface area contributed by atoms with E-state index in [0.29, 0.717) is 29.6 Å². The van der Waals surface area contributed by atoms with Gasteiger partial charge in [0.1, 0.15) is 0 Å². The number of hydrogen-bond donors (Lipinski definition) is 0. The van der Waals surface area contributed by atoms with E-state index < -0.39 is 0 Å². The van der Waals surface area contributed by atoms with Gasteiger partial charge in [-0.2, -0.15) is 5.10 Å². The summed E-state index contributed by atoms with van der Waals surface area (Å²) in [6.45, 7) is 6.94. The van der Waals surface area contributed by atoms with Gasteiger partial charge < -0.3 is 4.90 Å². The average Bonchev–Trinajstić information content (AvgIpc) is 2.69. The maximum Gasteiger partial charge on any atom is 0.274 e. The number of carbonyl (C=O) groups is 1. The first kappa shape index (κ1) is 18.8. The zero-order chi connectivity index (χ0) is 19.4. The summed E-state index contributed by atoms with van der Waals surface area (Å²) in [5.74, 6) is -0.140. The second-order valence-corrected chi connectivity index (χ2v) is 6.86. The first-order valence-corrected chi connectivity index (χ1v) is 9.37.